The Balaban J connectivity index is 1.36. The molecule has 1 atom stereocenters. The van der Waals surface area contributed by atoms with Gasteiger partial charge in [0.1, 0.15) is 5.75 Å². The van der Waals surface area contributed by atoms with E-state index in [2.05, 4.69) is 15.6 Å². The highest BCUT2D eigenvalue weighted by atomic mass is 32.2. The van der Waals surface area contributed by atoms with Crippen LogP contribution in [0.1, 0.15) is 37.8 Å². The lowest BCUT2D eigenvalue weighted by Crippen LogP contribution is -2.45. The van der Waals surface area contributed by atoms with Crippen molar-refractivity contribution in [1.82, 2.24) is 15.6 Å². The fourth-order valence-electron chi connectivity index (χ4n) is 3.61. The first-order chi connectivity index (χ1) is 12.4. The molecule has 0 aromatic carbocycles. The fourth-order valence-corrected chi connectivity index (χ4v) is 5.47. The molecule has 1 aromatic rings. The highest BCUT2D eigenvalue weighted by Crippen LogP contribution is 2.25. The Kier molecular flexibility index (Phi) is 6.01. The molecule has 2 heterocycles. The summed E-state index contributed by atoms with van der Waals surface area (Å²) in [4.78, 5) is 16.3. The van der Waals surface area contributed by atoms with Gasteiger partial charge < -0.3 is 15.4 Å². The molecule has 1 aliphatic heterocycles. The van der Waals surface area contributed by atoms with Crippen molar-refractivity contribution in [3.05, 3.63) is 24.0 Å². The maximum Gasteiger partial charge on any atom is 0.315 e. The standard InChI is InChI=1S/C18H27N3O4S/c1-13-17(3-2-9-19-13)25-16-6-4-15(5-7-16)21-18(22)20-11-14-8-10-26(23,24)12-14/h2-3,9,14-16H,4-8,10-12H2,1H3,(H2,20,21,22). The summed E-state index contributed by atoms with van der Waals surface area (Å²) in [7, 11) is -2.90. The Morgan fingerprint density at radius 2 is 2.04 bits per heavy atom. The van der Waals surface area contributed by atoms with Gasteiger partial charge in [0.05, 0.1) is 23.3 Å². The monoisotopic (exact) mass is 381 g/mol. The van der Waals surface area contributed by atoms with Crippen LogP contribution in [0.2, 0.25) is 0 Å². The van der Waals surface area contributed by atoms with Crippen LogP contribution in [0.15, 0.2) is 18.3 Å². The highest BCUT2D eigenvalue weighted by molar-refractivity contribution is 7.91. The average molecular weight is 381 g/mol. The predicted octanol–water partition coefficient (Wildman–Crippen LogP) is 1.81. The van der Waals surface area contributed by atoms with Gasteiger partial charge in [-0.05, 0) is 57.1 Å². The number of rotatable bonds is 5. The van der Waals surface area contributed by atoms with E-state index < -0.39 is 9.84 Å². The van der Waals surface area contributed by atoms with Gasteiger partial charge in [-0.3, -0.25) is 4.98 Å². The second-order valence-electron chi connectivity index (χ2n) is 7.30. The SMILES string of the molecule is Cc1ncccc1OC1CCC(NC(=O)NCC2CCS(=O)(=O)C2)CC1. The molecule has 1 aromatic heterocycles. The molecular weight excluding hydrogens is 354 g/mol. The molecule has 7 nitrogen and oxygen atoms in total. The zero-order valence-corrected chi connectivity index (χ0v) is 15.9. The minimum atomic E-state index is -2.90. The molecule has 2 aliphatic rings. The van der Waals surface area contributed by atoms with E-state index in [1.807, 2.05) is 19.1 Å². The molecule has 2 N–H and O–H groups in total. The van der Waals surface area contributed by atoms with E-state index in [1.54, 1.807) is 6.20 Å². The quantitative estimate of drug-likeness (QED) is 0.811. The lowest BCUT2D eigenvalue weighted by molar-refractivity contribution is 0.138. The lowest BCUT2D eigenvalue weighted by atomic mass is 9.93. The molecule has 3 rings (SSSR count). The van der Waals surface area contributed by atoms with Gasteiger partial charge in [-0.2, -0.15) is 0 Å². The molecule has 0 radical (unpaired) electrons. The smallest absolute Gasteiger partial charge is 0.315 e. The van der Waals surface area contributed by atoms with E-state index >= 15 is 0 Å². The van der Waals surface area contributed by atoms with E-state index in [-0.39, 0.29) is 35.6 Å². The predicted molar refractivity (Wildman–Crippen MR) is 98.9 cm³/mol. The Morgan fingerprint density at radius 1 is 1.27 bits per heavy atom. The number of urea groups is 1. The molecule has 1 unspecified atom stereocenters. The van der Waals surface area contributed by atoms with E-state index in [4.69, 9.17) is 4.74 Å². The second-order valence-corrected chi connectivity index (χ2v) is 9.53. The molecule has 144 valence electrons. The molecular formula is C18H27N3O4S. The summed E-state index contributed by atoms with van der Waals surface area (Å²) < 4.78 is 28.9. The summed E-state index contributed by atoms with van der Waals surface area (Å²) in [6.45, 7) is 2.35. The largest absolute Gasteiger partial charge is 0.489 e. The van der Waals surface area contributed by atoms with Crippen LogP contribution >= 0.6 is 0 Å². The van der Waals surface area contributed by atoms with Crippen molar-refractivity contribution in [3.63, 3.8) is 0 Å². The first-order valence-corrected chi connectivity index (χ1v) is 11.1. The number of amides is 2. The molecule has 0 bridgehead atoms. The van der Waals surface area contributed by atoms with Crippen LogP contribution in [-0.4, -0.2) is 49.6 Å². The number of hydrogen-bond acceptors (Lipinski definition) is 5. The van der Waals surface area contributed by atoms with Crippen LogP contribution in [0.5, 0.6) is 5.75 Å². The third kappa shape index (κ3) is 5.33. The van der Waals surface area contributed by atoms with Crippen LogP contribution in [0.4, 0.5) is 4.79 Å². The summed E-state index contributed by atoms with van der Waals surface area (Å²) in [5, 5.41) is 5.81. The molecule has 1 saturated heterocycles. The van der Waals surface area contributed by atoms with Crippen LogP contribution in [0.3, 0.4) is 0 Å². The summed E-state index contributed by atoms with van der Waals surface area (Å²) in [5.41, 5.74) is 0.890. The van der Waals surface area contributed by atoms with Gasteiger partial charge in [0, 0.05) is 18.8 Å². The summed E-state index contributed by atoms with van der Waals surface area (Å²) >= 11 is 0. The van der Waals surface area contributed by atoms with E-state index in [1.165, 1.54) is 0 Å². The minimum absolute atomic E-state index is 0.0395. The number of aryl methyl sites for hydroxylation is 1. The number of pyridine rings is 1. The number of nitrogens with zero attached hydrogens (tertiary/aromatic N) is 1. The van der Waals surface area contributed by atoms with Crippen LogP contribution in [0.25, 0.3) is 0 Å². The number of nitrogens with one attached hydrogen (secondary N) is 2. The van der Waals surface area contributed by atoms with Gasteiger partial charge >= 0.3 is 6.03 Å². The Morgan fingerprint density at radius 3 is 2.69 bits per heavy atom. The second kappa shape index (κ2) is 8.24. The van der Waals surface area contributed by atoms with Gasteiger partial charge in [-0.15, -0.1) is 0 Å². The molecule has 8 heteroatoms. The summed E-state index contributed by atoms with van der Waals surface area (Å²) in [6, 6.07) is 3.73. The van der Waals surface area contributed by atoms with Gasteiger partial charge in [0.15, 0.2) is 9.84 Å². The first kappa shape index (κ1) is 18.9. The van der Waals surface area contributed by atoms with Crippen LogP contribution in [-0.2, 0) is 9.84 Å². The van der Waals surface area contributed by atoms with Crippen molar-refractivity contribution in [3.8, 4) is 5.75 Å². The van der Waals surface area contributed by atoms with E-state index in [0.717, 1.165) is 37.1 Å². The molecule has 0 spiro atoms. The Labute approximate surface area is 154 Å². The number of aromatic nitrogens is 1. The van der Waals surface area contributed by atoms with E-state index in [9.17, 15) is 13.2 Å². The number of ether oxygens (including phenoxy) is 1. The Hall–Kier alpha value is -1.83. The normalized spacial score (nSPS) is 27.7. The van der Waals surface area contributed by atoms with Gasteiger partial charge in [0.2, 0.25) is 0 Å². The Bertz CT molecular complexity index is 730. The van der Waals surface area contributed by atoms with Crippen molar-refractivity contribution in [2.75, 3.05) is 18.1 Å². The zero-order chi connectivity index (χ0) is 18.6. The number of sulfone groups is 1. The van der Waals surface area contributed by atoms with Crippen molar-refractivity contribution >= 4 is 15.9 Å². The molecule has 2 amide bonds. The zero-order valence-electron chi connectivity index (χ0n) is 15.1. The minimum Gasteiger partial charge on any atom is -0.489 e. The van der Waals surface area contributed by atoms with E-state index in [0.29, 0.717) is 13.0 Å². The van der Waals surface area contributed by atoms with Crippen LogP contribution in [0, 0.1) is 12.8 Å². The topological polar surface area (TPSA) is 97.4 Å². The molecule has 1 saturated carbocycles. The van der Waals surface area contributed by atoms with Crippen molar-refractivity contribution in [2.45, 2.75) is 51.2 Å². The average Bonchev–Trinajstić information content (AvgIpc) is 2.96. The van der Waals surface area contributed by atoms with Gasteiger partial charge in [-0.1, -0.05) is 0 Å². The first-order valence-electron chi connectivity index (χ1n) is 9.24. The van der Waals surface area contributed by atoms with Crippen LogP contribution < -0.4 is 15.4 Å². The number of carbonyl (C=O) groups excluding carboxylic acids is 1. The summed E-state index contributed by atoms with van der Waals surface area (Å²) in [5.74, 6) is 1.29. The maximum atomic E-state index is 12.0. The van der Waals surface area contributed by atoms with Gasteiger partial charge in [0.25, 0.3) is 0 Å². The number of hydrogen-bond donors (Lipinski definition) is 2. The van der Waals surface area contributed by atoms with Crippen molar-refractivity contribution in [2.24, 2.45) is 5.92 Å². The third-order valence-corrected chi connectivity index (χ3v) is 6.98. The maximum absolute atomic E-state index is 12.0. The van der Waals surface area contributed by atoms with Gasteiger partial charge in [-0.25, -0.2) is 13.2 Å². The third-order valence-electron chi connectivity index (χ3n) is 5.14. The fraction of sp³-hybridized carbons (Fsp3) is 0.667. The van der Waals surface area contributed by atoms with Crippen molar-refractivity contribution in [1.29, 1.82) is 0 Å². The molecule has 1 aliphatic carbocycles. The molecule has 26 heavy (non-hydrogen) atoms. The number of carbonyl (C=O) groups is 1. The lowest BCUT2D eigenvalue weighted by Gasteiger charge is -2.30. The summed E-state index contributed by atoms with van der Waals surface area (Å²) in [6.07, 6.45) is 6.06. The van der Waals surface area contributed by atoms with Crippen molar-refractivity contribution < 1.29 is 17.9 Å². The highest BCUT2D eigenvalue weighted by Gasteiger charge is 2.28. The molecule has 2 fully saturated rings.